The first-order valence-corrected chi connectivity index (χ1v) is 30.5. The molecule has 464 valence electrons. The first-order valence-electron chi connectivity index (χ1n) is 30.5. The number of nitrogens with zero attached hydrogens (tertiary/aromatic N) is 20. The van der Waals surface area contributed by atoms with Crippen molar-refractivity contribution in [3.8, 4) is 92.4 Å². The highest BCUT2D eigenvalue weighted by molar-refractivity contribution is 5.63. The number of rotatable bonds is 4. The summed E-state index contributed by atoms with van der Waals surface area (Å²) in [5.74, 6) is 29.3. The van der Waals surface area contributed by atoms with E-state index in [-0.39, 0.29) is 0 Å². The van der Waals surface area contributed by atoms with Crippen molar-refractivity contribution in [1.29, 1.82) is 0 Å². The molecule has 0 aliphatic carbocycles. The predicted molar refractivity (Wildman–Crippen MR) is 369 cm³/mol. The monoisotopic (exact) mass is 1250 g/mol. The lowest BCUT2D eigenvalue weighted by molar-refractivity contribution is 0.892. The highest BCUT2D eigenvalue weighted by Gasteiger charge is 2.12. The van der Waals surface area contributed by atoms with E-state index in [0.717, 1.165) is 84.6 Å². The van der Waals surface area contributed by atoms with Gasteiger partial charge >= 0.3 is 0 Å². The standard InChI is InChI=1S/C20H17N5.2C19H15N5.C18H13N5/c1-14-11-15(2)25-12-17(22-20(25)21-14)9-10-19-23-18(13-24(19)3)16-7-5-4-6-8-16;1-14-7-6-12-24-19(14)21-17(22-24)10-11-18-20-16(13-23(18)2)15-8-4-3-5-9-15;1-14-7-6-10-19-21-17(22-24(14)19)11-12-18-20-16(13-23(18)2)15-8-4-3-5-9-15;1-22-13-15(14-7-3-2-4-8-14)19-17(22)11-10-16-20-18-9-5-6-12-23(18)21-16/h4-8,11-13H,1-3H3;3-9,12-13H,1-2H3;3-10,13H,1-2H3;2-9,12-13H,1H3. The van der Waals surface area contributed by atoms with E-state index in [9.17, 15) is 0 Å². The fraction of sp³-hybridized carbons (Fsp3) is 0.105. The van der Waals surface area contributed by atoms with Crippen LogP contribution in [0.3, 0.4) is 0 Å². The molecule has 0 aliphatic heterocycles. The maximum absolute atomic E-state index is 4.62. The lowest BCUT2D eigenvalue weighted by Crippen LogP contribution is -1.94. The molecule has 0 unspecified atom stereocenters. The average Bonchev–Trinajstić information content (AvgIpc) is 1.84. The van der Waals surface area contributed by atoms with Crippen LogP contribution in [0, 0.1) is 75.1 Å². The summed E-state index contributed by atoms with van der Waals surface area (Å²) in [5, 5.41) is 13.1. The molecule has 0 radical (unpaired) electrons. The predicted octanol–water partition coefficient (Wildman–Crippen LogP) is 11.4. The van der Waals surface area contributed by atoms with E-state index < -0.39 is 0 Å². The SMILES string of the molecule is Cc1cc(C)n2cc(C#Cc3nc(-c4ccccc4)cn3C)nc2n1.Cc1cccc2nc(C#Cc3nc(-c4ccccc4)cn3C)nn12.Cc1cccn2nc(C#Cc3nc(-c4ccccc4)cn3C)nc12.Cn1cc(-c2ccccc2)nc1C#Cc1nc2ccccn2n1. The Morgan fingerprint density at radius 1 is 0.323 bits per heavy atom. The number of imidazole rings is 5. The molecule has 0 aliphatic rings. The van der Waals surface area contributed by atoms with Crippen LogP contribution in [0.1, 0.15) is 69.1 Å². The molecule has 0 saturated heterocycles. The average molecular weight is 1250 g/mol. The molecule has 16 aromatic rings. The second-order valence-electron chi connectivity index (χ2n) is 22.2. The van der Waals surface area contributed by atoms with E-state index >= 15 is 0 Å². The number of aromatic nitrogens is 20. The minimum Gasteiger partial charge on any atom is -0.327 e. The molecular weight excluding hydrogens is 1190 g/mol. The molecule has 16 rings (SSSR count). The molecule has 0 N–H and O–H groups in total. The van der Waals surface area contributed by atoms with Crippen molar-refractivity contribution < 1.29 is 0 Å². The molecule has 96 heavy (non-hydrogen) atoms. The van der Waals surface area contributed by atoms with E-state index in [2.05, 4.69) is 108 Å². The van der Waals surface area contributed by atoms with Crippen LogP contribution in [0.2, 0.25) is 0 Å². The summed E-state index contributed by atoms with van der Waals surface area (Å²) in [6.07, 6.45) is 13.5. The Balaban J connectivity index is 0.000000116. The molecule has 0 bridgehead atoms. The molecule has 0 atom stereocenters. The van der Waals surface area contributed by atoms with Gasteiger partial charge in [-0.15, -0.1) is 15.3 Å². The molecular formula is C76H60N20. The number of hydrogen-bond acceptors (Lipinski definition) is 12. The minimum atomic E-state index is 0.487. The third-order valence-corrected chi connectivity index (χ3v) is 15.1. The molecule has 0 fully saturated rings. The fourth-order valence-corrected chi connectivity index (χ4v) is 10.2. The quantitative estimate of drug-likeness (QED) is 0.152. The van der Waals surface area contributed by atoms with Gasteiger partial charge in [-0.05, 0) is 117 Å². The molecule has 20 nitrogen and oxygen atoms in total. The van der Waals surface area contributed by atoms with Crippen molar-refractivity contribution in [2.24, 2.45) is 28.2 Å². The van der Waals surface area contributed by atoms with E-state index in [4.69, 9.17) is 0 Å². The van der Waals surface area contributed by atoms with Crippen molar-refractivity contribution >= 4 is 22.7 Å². The Bertz CT molecular complexity index is 5520. The van der Waals surface area contributed by atoms with Crippen LogP contribution >= 0.6 is 0 Å². The van der Waals surface area contributed by atoms with Crippen LogP contribution < -0.4 is 0 Å². The molecule has 12 aromatic heterocycles. The Morgan fingerprint density at radius 3 is 1.23 bits per heavy atom. The summed E-state index contributed by atoms with van der Waals surface area (Å²) in [6, 6.07) is 57.8. The first-order chi connectivity index (χ1) is 46.8. The van der Waals surface area contributed by atoms with Crippen LogP contribution in [-0.4, -0.2) is 96.4 Å². The maximum atomic E-state index is 4.62. The van der Waals surface area contributed by atoms with Crippen molar-refractivity contribution in [1.82, 2.24) is 96.4 Å². The van der Waals surface area contributed by atoms with Gasteiger partial charge in [-0.3, -0.25) is 4.40 Å². The molecule has 20 heteroatoms. The summed E-state index contributed by atoms with van der Waals surface area (Å²) in [7, 11) is 7.75. The van der Waals surface area contributed by atoms with E-state index in [1.54, 1.807) is 13.5 Å². The summed E-state index contributed by atoms with van der Waals surface area (Å²) in [5.41, 5.74) is 15.1. The molecule has 0 spiro atoms. The number of aryl methyl sites for hydroxylation is 8. The number of benzene rings is 4. The van der Waals surface area contributed by atoms with Crippen LogP contribution in [0.5, 0.6) is 0 Å². The van der Waals surface area contributed by atoms with Gasteiger partial charge in [0.15, 0.2) is 40.2 Å². The molecule has 4 aromatic carbocycles. The normalized spacial score (nSPS) is 10.6. The van der Waals surface area contributed by atoms with E-state index in [1.807, 2.05) is 298 Å². The van der Waals surface area contributed by atoms with Gasteiger partial charge in [0, 0.05) is 111 Å². The smallest absolute Gasteiger partial charge is 0.235 e. The molecule has 0 amide bonds. The summed E-state index contributed by atoms with van der Waals surface area (Å²) >= 11 is 0. The summed E-state index contributed by atoms with van der Waals surface area (Å²) < 4.78 is 14.9. The highest BCUT2D eigenvalue weighted by atomic mass is 15.3. The first kappa shape index (κ1) is 61.3. The number of hydrogen-bond donors (Lipinski definition) is 0. The molecule has 12 heterocycles. The minimum absolute atomic E-state index is 0.487. The van der Waals surface area contributed by atoms with Gasteiger partial charge in [0.1, 0.15) is 5.69 Å². The van der Waals surface area contributed by atoms with Gasteiger partial charge in [-0.1, -0.05) is 140 Å². The zero-order chi connectivity index (χ0) is 66.1. The highest BCUT2D eigenvalue weighted by Crippen LogP contribution is 2.22. The van der Waals surface area contributed by atoms with Crippen molar-refractivity contribution in [3.63, 3.8) is 0 Å². The summed E-state index contributed by atoms with van der Waals surface area (Å²) in [6.45, 7) is 7.99. The number of fused-ring (bicyclic) bond motifs is 4. The largest absolute Gasteiger partial charge is 0.327 e. The van der Waals surface area contributed by atoms with Gasteiger partial charge in [0.05, 0.1) is 22.8 Å². The Labute approximate surface area is 553 Å². The van der Waals surface area contributed by atoms with E-state index in [1.165, 1.54) is 0 Å². The van der Waals surface area contributed by atoms with Gasteiger partial charge in [0.25, 0.3) is 0 Å². The Morgan fingerprint density at radius 2 is 0.750 bits per heavy atom. The van der Waals surface area contributed by atoms with Gasteiger partial charge < -0.3 is 18.3 Å². The maximum Gasteiger partial charge on any atom is 0.235 e. The lowest BCUT2D eigenvalue weighted by atomic mass is 10.2. The van der Waals surface area contributed by atoms with Crippen LogP contribution in [0.25, 0.3) is 67.7 Å². The fourth-order valence-electron chi connectivity index (χ4n) is 10.2. The zero-order valence-corrected chi connectivity index (χ0v) is 53.7. The molecule has 0 saturated carbocycles. The second kappa shape index (κ2) is 27.5. The van der Waals surface area contributed by atoms with Crippen molar-refractivity contribution in [2.75, 3.05) is 0 Å². The second-order valence-corrected chi connectivity index (χ2v) is 22.2. The van der Waals surface area contributed by atoms with Gasteiger partial charge in [-0.25, -0.2) is 43.5 Å². The van der Waals surface area contributed by atoms with Gasteiger partial charge in [0.2, 0.25) is 23.3 Å². The van der Waals surface area contributed by atoms with Crippen molar-refractivity contribution in [3.05, 3.63) is 288 Å². The van der Waals surface area contributed by atoms with E-state index in [0.29, 0.717) is 52.2 Å². The number of pyridine rings is 3. The van der Waals surface area contributed by atoms with Crippen LogP contribution in [0.15, 0.2) is 219 Å². The Hall–Kier alpha value is -13.6. The Kier molecular flexibility index (Phi) is 17.6. The summed E-state index contributed by atoms with van der Waals surface area (Å²) in [4.78, 5) is 40.6. The van der Waals surface area contributed by atoms with Crippen LogP contribution in [-0.2, 0) is 28.2 Å². The third kappa shape index (κ3) is 14.1. The van der Waals surface area contributed by atoms with Crippen molar-refractivity contribution in [2.45, 2.75) is 27.7 Å². The zero-order valence-electron chi connectivity index (χ0n) is 53.7. The third-order valence-electron chi connectivity index (χ3n) is 15.1. The van der Waals surface area contributed by atoms with Crippen LogP contribution in [0.4, 0.5) is 0 Å². The lowest BCUT2D eigenvalue weighted by Gasteiger charge is -1.98. The topological polar surface area (TPSA) is 192 Å². The van der Waals surface area contributed by atoms with Gasteiger partial charge in [-0.2, -0.15) is 15.0 Å².